The van der Waals surface area contributed by atoms with Crippen LogP contribution in [0.1, 0.15) is 18.4 Å². The molecule has 0 bridgehead atoms. The van der Waals surface area contributed by atoms with Crippen LogP contribution in [0, 0.1) is 5.82 Å². The van der Waals surface area contributed by atoms with Crippen molar-refractivity contribution >= 4 is 41.7 Å². The smallest absolute Gasteiger partial charge is 0.191 e. The van der Waals surface area contributed by atoms with Crippen LogP contribution in [0.4, 0.5) is 4.39 Å². The Balaban J connectivity index is 0.00000529. The molecule has 138 valence electrons. The quantitative estimate of drug-likeness (QED) is 0.240. The summed E-state index contributed by atoms with van der Waals surface area (Å²) in [5.74, 6) is 1.87. The van der Waals surface area contributed by atoms with Crippen molar-refractivity contribution in [3.8, 4) is 0 Å². The predicted octanol–water partition coefficient (Wildman–Crippen LogP) is 3.18. The maximum Gasteiger partial charge on any atom is 0.191 e. The van der Waals surface area contributed by atoms with Crippen molar-refractivity contribution in [3.05, 3.63) is 35.6 Å². The van der Waals surface area contributed by atoms with Gasteiger partial charge in [-0.2, -0.15) is 11.8 Å². The summed E-state index contributed by atoms with van der Waals surface area (Å²) >= 11 is 1.88. The maximum atomic E-state index is 12.9. The Kier molecular flexibility index (Phi) is 14.4. The second kappa shape index (κ2) is 14.8. The van der Waals surface area contributed by atoms with Crippen LogP contribution in [-0.4, -0.2) is 56.6 Å². The van der Waals surface area contributed by atoms with Crippen molar-refractivity contribution in [2.24, 2.45) is 4.99 Å². The highest BCUT2D eigenvalue weighted by Gasteiger charge is 2.02. The zero-order chi connectivity index (χ0) is 16.9. The second-order valence-corrected chi connectivity index (χ2v) is 6.48. The molecule has 0 spiro atoms. The normalized spacial score (nSPS) is 11.3. The topological polar surface area (TPSA) is 39.7 Å². The highest BCUT2D eigenvalue weighted by atomic mass is 127. The molecule has 0 atom stereocenters. The van der Waals surface area contributed by atoms with E-state index in [0.29, 0.717) is 0 Å². The summed E-state index contributed by atoms with van der Waals surface area (Å²) in [5.41, 5.74) is 1.12. The second-order valence-electron chi connectivity index (χ2n) is 5.49. The molecule has 0 saturated heterocycles. The zero-order valence-electron chi connectivity index (χ0n) is 14.8. The Morgan fingerprint density at radius 2 is 1.83 bits per heavy atom. The average Bonchev–Trinajstić information content (AvgIpc) is 2.55. The van der Waals surface area contributed by atoms with Crippen LogP contribution in [0.5, 0.6) is 0 Å². The van der Waals surface area contributed by atoms with Gasteiger partial charge in [0, 0.05) is 33.2 Å². The Morgan fingerprint density at radius 1 is 1.17 bits per heavy atom. The summed E-state index contributed by atoms with van der Waals surface area (Å²) in [7, 11) is 3.85. The van der Waals surface area contributed by atoms with Crippen molar-refractivity contribution < 1.29 is 4.39 Å². The summed E-state index contributed by atoms with van der Waals surface area (Å²) in [6, 6.07) is 6.66. The molecule has 0 aliphatic rings. The fraction of sp³-hybridized carbons (Fsp3) is 0.588. The number of thioether (sulfide) groups is 1. The number of nitrogens with one attached hydrogen (secondary N) is 2. The minimum absolute atomic E-state index is 0. The Morgan fingerprint density at radius 3 is 2.46 bits per heavy atom. The number of benzene rings is 1. The maximum absolute atomic E-state index is 12.9. The lowest BCUT2D eigenvalue weighted by molar-refractivity contribution is 0.331. The monoisotopic (exact) mass is 468 g/mol. The van der Waals surface area contributed by atoms with Crippen LogP contribution < -0.4 is 10.6 Å². The van der Waals surface area contributed by atoms with Gasteiger partial charge in [0.2, 0.25) is 0 Å². The van der Waals surface area contributed by atoms with E-state index in [4.69, 9.17) is 0 Å². The summed E-state index contributed by atoms with van der Waals surface area (Å²) in [5, 5.41) is 6.65. The van der Waals surface area contributed by atoms with Gasteiger partial charge in [0.1, 0.15) is 5.82 Å². The Hall–Kier alpha value is -0.540. The van der Waals surface area contributed by atoms with E-state index in [0.717, 1.165) is 44.1 Å². The van der Waals surface area contributed by atoms with Crippen LogP contribution in [0.15, 0.2) is 29.3 Å². The number of guanidine groups is 1. The number of hydrogen-bond donors (Lipinski definition) is 2. The molecule has 1 aromatic rings. The van der Waals surface area contributed by atoms with Crippen molar-refractivity contribution in [1.29, 1.82) is 0 Å². The number of likely N-dealkylation sites (N-methyl/N-ethyl adjacent to an activating group) is 1. The van der Waals surface area contributed by atoms with Crippen molar-refractivity contribution in [2.45, 2.75) is 19.4 Å². The molecule has 0 aliphatic heterocycles. The van der Waals surface area contributed by atoms with Crippen LogP contribution in [0.3, 0.4) is 0 Å². The average molecular weight is 468 g/mol. The number of unbranched alkanes of at least 4 members (excludes halogenated alkanes) is 1. The third-order valence-corrected chi connectivity index (χ3v) is 4.14. The zero-order valence-corrected chi connectivity index (χ0v) is 18.0. The molecular weight excluding hydrogens is 438 g/mol. The van der Waals surface area contributed by atoms with Gasteiger partial charge >= 0.3 is 0 Å². The van der Waals surface area contributed by atoms with Crippen molar-refractivity contribution in [2.75, 3.05) is 45.7 Å². The van der Waals surface area contributed by atoms with Gasteiger partial charge in [-0.05, 0) is 49.6 Å². The molecule has 7 heteroatoms. The molecule has 0 aliphatic carbocycles. The minimum atomic E-state index is -0.189. The van der Waals surface area contributed by atoms with E-state index < -0.39 is 0 Å². The van der Waals surface area contributed by atoms with E-state index in [-0.39, 0.29) is 29.8 Å². The SMILES string of the molecule is CN=C(NCCCCSC)NCCN(C)Cc1ccc(F)cc1.I. The molecule has 24 heavy (non-hydrogen) atoms. The molecular formula is C17H30FIN4S. The summed E-state index contributed by atoms with van der Waals surface area (Å²) in [6.45, 7) is 3.47. The van der Waals surface area contributed by atoms with E-state index in [9.17, 15) is 4.39 Å². The third-order valence-electron chi connectivity index (χ3n) is 3.44. The molecule has 0 unspecified atom stereocenters. The van der Waals surface area contributed by atoms with Crippen LogP contribution in [-0.2, 0) is 6.54 Å². The van der Waals surface area contributed by atoms with E-state index in [2.05, 4.69) is 33.8 Å². The van der Waals surface area contributed by atoms with Gasteiger partial charge in [0.05, 0.1) is 0 Å². The number of rotatable bonds is 10. The van der Waals surface area contributed by atoms with Crippen LogP contribution in [0.2, 0.25) is 0 Å². The summed E-state index contributed by atoms with van der Waals surface area (Å²) in [4.78, 5) is 6.43. The van der Waals surface area contributed by atoms with Gasteiger partial charge < -0.3 is 15.5 Å². The van der Waals surface area contributed by atoms with Gasteiger partial charge in [0.25, 0.3) is 0 Å². The first-order valence-electron chi connectivity index (χ1n) is 8.02. The standard InChI is InChI=1S/C17H29FN4S.HI/c1-19-17(20-10-4-5-13-23-3)21-11-12-22(2)14-15-6-8-16(18)9-7-15;/h6-9H,4-5,10-14H2,1-3H3,(H2,19,20,21);1H. The molecule has 0 fully saturated rings. The van der Waals surface area contributed by atoms with Crippen LogP contribution >= 0.6 is 35.7 Å². The van der Waals surface area contributed by atoms with Gasteiger partial charge in [-0.3, -0.25) is 4.99 Å². The Labute approximate surface area is 167 Å². The molecule has 0 radical (unpaired) electrons. The van der Waals surface area contributed by atoms with Gasteiger partial charge in [-0.1, -0.05) is 12.1 Å². The number of hydrogen-bond acceptors (Lipinski definition) is 3. The van der Waals surface area contributed by atoms with Gasteiger partial charge in [-0.25, -0.2) is 4.39 Å². The molecule has 0 heterocycles. The minimum Gasteiger partial charge on any atom is -0.356 e. The summed E-state index contributed by atoms with van der Waals surface area (Å²) in [6.07, 6.45) is 4.52. The molecule has 2 N–H and O–H groups in total. The number of aliphatic imine (C=N–C) groups is 1. The molecule has 1 aromatic carbocycles. The lowest BCUT2D eigenvalue weighted by Gasteiger charge is -2.18. The molecule has 4 nitrogen and oxygen atoms in total. The molecule has 0 aromatic heterocycles. The third kappa shape index (κ3) is 11.1. The highest BCUT2D eigenvalue weighted by Crippen LogP contribution is 2.05. The van der Waals surface area contributed by atoms with Crippen LogP contribution in [0.25, 0.3) is 0 Å². The first-order valence-corrected chi connectivity index (χ1v) is 9.41. The summed E-state index contributed by atoms with van der Waals surface area (Å²) < 4.78 is 12.9. The number of halogens is 2. The molecule has 0 saturated carbocycles. The number of nitrogens with zero attached hydrogens (tertiary/aromatic N) is 2. The van der Waals surface area contributed by atoms with E-state index in [1.807, 2.05) is 23.9 Å². The van der Waals surface area contributed by atoms with E-state index in [1.165, 1.54) is 24.3 Å². The molecule has 1 rings (SSSR count). The van der Waals surface area contributed by atoms with Crippen molar-refractivity contribution in [3.63, 3.8) is 0 Å². The first kappa shape index (κ1) is 23.5. The van der Waals surface area contributed by atoms with Gasteiger partial charge in [-0.15, -0.1) is 24.0 Å². The first-order chi connectivity index (χ1) is 11.2. The lowest BCUT2D eigenvalue weighted by atomic mass is 10.2. The lowest BCUT2D eigenvalue weighted by Crippen LogP contribution is -2.41. The largest absolute Gasteiger partial charge is 0.356 e. The molecule has 0 amide bonds. The van der Waals surface area contributed by atoms with E-state index in [1.54, 1.807) is 7.05 Å². The fourth-order valence-corrected chi connectivity index (χ4v) is 2.64. The fourth-order valence-electron chi connectivity index (χ4n) is 2.14. The predicted molar refractivity (Wildman–Crippen MR) is 115 cm³/mol. The highest BCUT2D eigenvalue weighted by molar-refractivity contribution is 14.0. The van der Waals surface area contributed by atoms with Crippen molar-refractivity contribution in [1.82, 2.24) is 15.5 Å². The van der Waals surface area contributed by atoms with Gasteiger partial charge in [0.15, 0.2) is 5.96 Å². The van der Waals surface area contributed by atoms with E-state index >= 15 is 0 Å². The Bertz CT molecular complexity index is 456.